The molecule has 136 valence electrons. The SMILES string of the molecule is OC[C@@H]1O[C@H](O[C@@H]2[C@@H](O)[C@@H](O)O[C@@H](CO)[C@H]2O)[C@H](O)[C@@H](O)[C@@H]1O. The lowest BCUT2D eigenvalue weighted by atomic mass is 9.97. The zero-order valence-corrected chi connectivity index (χ0v) is 12.0. The second-order valence-corrected chi connectivity index (χ2v) is 5.53. The maximum Gasteiger partial charge on any atom is 0.187 e. The van der Waals surface area contributed by atoms with Crippen molar-refractivity contribution in [1.29, 1.82) is 0 Å². The summed E-state index contributed by atoms with van der Waals surface area (Å²) in [7, 11) is 0. The first kappa shape index (κ1) is 18.9. The zero-order valence-electron chi connectivity index (χ0n) is 12.0. The van der Waals surface area contributed by atoms with Crippen LogP contribution in [0.5, 0.6) is 0 Å². The Labute approximate surface area is 130 Å². The van der Waals surface area contributed by atoms with E-state index in [4.69, 9.17) is 24.4 Å². The molecule has 8 N–H and O–H groups in total. The van der Waals surface area contributed by atoms with Gasteiger partial charge in [-0.25, -0.2) is 0 Å². The molecule has 0 aromatic heterocycles. The van der Waals surface area contributed by atoms with Gasteiger partial charge in [0.1, 0.15) is 48.8 Å². The fourth-order valence-corrected chi connectivity index (χ4v) is 2.56. The monoisotopic (exact) mass is 342 g/mol. The predicted octanol–water partition coefficient (Wildman–Crippen LogP) is -5.40. The van der Waals surface area contributed by atoms with Gasteiger partial charge in [0.15, 0.2) is 12.6 Å². The summed E-state index contributed by atoms with van der Waals surface area (Å²) in [4.78, 5) is 0. The number of hydrogen-bond acceptors (Lipinski definition) is 11. The lowest BCUT2D eigenvalue weighted by Crippen LogP contribution is -2.64. The zero-order chi connectivity index (χ0) is 17.3. The molecule has 11 heteroatoms. The summed E-state index contributed by atoms with van der Waals surface area (Å²) < 4.78 is 15.1. The average Bonchev–Trinajstić information content (AvgIpc) is 2.54. The molecule has 11 nitrogen and oxygen atoms in total. The molecule has 10 atom stereocenters. The third-order valence-corrected chi connectivity index (χ3v) is 3.98. The summed E-state index contributed by atoms with van der Waals surface area (Å²) in [6.45, 7) is -1.34. The summed E-state index contributed by atoms with van der Waals surface area (Å²) in [6, 6.07) is 0. The lowest BCUT2D eigenvalue weighted by Gasteiger charge is -2.45. The van der Waals surface area contributed by atoms with Crippen molar-refractivity contribution in [3.63, 3.8) is 0 Å². The van der Waals surface area contributed by atoms with Crippen LogP contribution in [-0.2, 0) is 14.2 Å². The molecule has 2 rings (SSSR count). The predicted molar refractivity (Wildman–Crippen MR) is 68.6 cm³/mol. The van der Waals surface area contributed by atoms with Crippen molar-refractivity contribution in [2.75, 3.05) is 13.2 Å². The van der Waals surface area contributed by atoms with Crippen molar-refractivity contribution in [2.24, 2.45) is 0 Å². The van der Waals surface area contributed by atoms with Gasteiger partial charge >= 0.3 is 0 Å². The van der Waals surface area contributed by atoms with Crippen molar-refractivity contribution in [3.05, 3.63) is 0 Å². The van der Waals surface area contributed by atoms with Gasteiger partial charge in [-0.3, -0.25) is 0 Å². The largest absolute Gasteiger partial charge is 0.394 e. The molecular formula is C12H22O11. The number of ether oxygens (including phenoxy) is 3. The second kappa shape index (κ2) is 7.63. The van der Waals surface area contributed by atoms with E-state index >= 15 is 0 Å². The fraction of sp³-hybridized carbons (Fsp3) is 1.00. The van der Waals surface area contributed by atoms with E-state index in [-0.39, 0.29) is 0 Å². The summed E-state index contributed by atoms with van der Waals surface area (Å²) in [5, 5.41) is 76.8. The van der Waals surface area contributed by atoms with Crippen molar-refractivity contribution in [3.8, 4) is 0 Å². The highest BCUT2D eigenvalue weighted by Crippen LogP contribution is 2.28. The summed E-state index contributed by atoms with van der Waals surface area (Å²) in [5.41, 5.74) is 0. The van der Waals surface area contributed by atoms with Crippen molar-refractivity contribution >= 4 is 0 Å². The molecule has 0 amide bonds. The molecule has 2 heterocycles. The highest BCUT2D eigenvalue weighted by atomic mass is 16.7. The fourth-order valence-electron chi connectivity index (χ4n) is 2.56. The third kappa shape index (κ3) is 3.65. The topological polar surface area (TPSA) is 190 Å². The quantitative estimate of drug-likeness (QED) is 0.243. The molecule has 2 saturated heterocycles. The van der Waals surface area contributed by atoms with Gasteiger partial charge in [0, 0.05) is 0 Å². The van der Waals surface area contributed by atoms with Crippen LogP contribution in [0.2, 0.25) is 0 Å². The number of aliphatic hydroxyl groups is 8. The molecule has 0 aromatic rings. The Morgan fingerprint density at radius 2 is 1.22 bits per heavy atom. The molecule has 0 bridgehead atoms. The molecule has 0 aliphatic carbocycles. The number of aliphatic hydroxyl groups excluding tert-OH is 8. The van der Waals surface area contributed by atoms with Gasteiger partial charge in [-0.1, -0.05) is 0 Å². The van der Waals surface area contributed by atoms with Gasteiger partial charge in [-0.05, 0) is 0 Å². The van der Waals surface area contributed by atoms with Crippen LogP contribution in [0.1, 0.15) is 0 Å². The van der Waals surface area contributed by atoms with E-state index in [2.05, 4.69) is 0 Å². The summed E-state index contributed by atoms with van der Waals surface area (Å²) in [6.07, 6.45) is -15.7. The van der Waals surface area contributed by atoms with Crippen molar-refractivity contribution < 1.29 is 55.1 Å². The van der Waals surface area contributed by atoms with Gasteiger partial charge in [0.2, 0.25) is 0 Å². The summed E-state index contributed by atoms with van der Waals surface area (Å²) >= 11 is 0. The Hall–Kier alpha value is -0.440. The number of rotatable bonds is 4. The molecule has 2 aliphatic heterocycles. The molecule has 2 aliphatic rings. The Kier molecular flexibility index (Phi) is 6.27. The van der Waals surface area contributed by atoms with Gasteiger partial charge in [0.25, 0.3) is 0 Å². The smallest absolute Gasteiger partial charge is 0.187 e. The van der Waals surface area contributed by atoms with Crippen LogP contribution < -0.4 is 0 Å². The van der Waals surface area contributed by atoms with Crippen LogP contribution in [0, 0.1) is 0 Å². The van der Waals surface area contributed by atoms with Gasteiger partial charge in [-0.2, -0.15) is 0 Å². The first-order valence-electron chi connectivity index (χ1n) is 7.08. The maximum atomic E-state index is 10.00. The van der Waals surface area contributed by atoms with Crippen LogP contribution in [0.3, 0.4) is 0 Å². The minimum atomic E-state index is -1.76. The van der Waals surface area contributed by atoms with E-state index in [9.17, 15) is 30.6 Å². The van der Waals surface area contributed by atoms with Gasteiger partial charge < -0.3 is 55.1 Å². The maximum absolute atomic E-state index is 10.00. The van der Waals surface area contributed by atoms with Crippen LogP contribution >= 0.6 is 0 Å². The molecule has 0 radical (unpaired) electrons. The minimum Gasteiger partial charge on any atom is -0.394 e. The summed E-state index contributed by atoms with van der Waals surface area (Å²) in [5.74, 6) is 0. The van der Waals surface area contributed by atoms with Gasteiger partial charge in [-0.15, -0.1) is 0 Å². The van der Waals surface area contributed by atoms with E-state index in [0.717, 1.165) is 0 Å². The molecule has 0 unspecified atom stereocenters. The first-order chi connectivity index (χ1) is 10.8. The highest BCUT2D eigenvalue weighted by molar-refractivity contribution is 4.93. The van der Waals surface area contributed by atoms with Crippen LogP contribution in [0.4, 0.5) is 0 Å². The van der Waals surface area contributed by atoms with Crippen LogP contribution in [0.25, 0.3) is 0 Å². The molecule has 2 fully saturated rings. The van der Waals surface area contributed by atoms with E-state index in [1.54, 1.807) is 0 Å². The van der Waals surface area contributed by atoms with E-state index in [1.165, 1.54) is 0 Å². The Balaban J connectivity index is 2.11. The second-order valence-electron chi connectivity index (χ2n) is 5.53. The van der Waals surface area contributed by atoms with Crippen molar-refractivity contribution in [2.45, 2.75) is 61.4 Å². The normalized spacial score (nSPS) is 51.7. The van der Waals surface area contributed by atoms with Gasteiger partial charge in [0.05, 0.1) is 13.2 Å². The Morgan fingerprint density at radius 1 is 0.652 bits per heavy atom. The van der Waals surface area contributed by atoms with E-state index in [1.807, 2.05) is 0 Å². The molecule has 0 saturated carbocycles. The Bertz CT molecular complexity index is 380. The highest BCUT2D eigenvalue weighted by Gasteiger charge is 2.50. The molecule has 23 heavy (non-hydrogen) atoms. The van der Waals surface area contributed by atoms with E-state index < -0.39 is 74.6 Å². The molecular weight excluding hydrogens is 320 g/mol. The number of hydrogen-bond donors (Lipinski definition) is 8. The van der Waals surface area contributed by atoms with Crippen LogP contribution in [0.15, 0.2) is 0 Å². The molecule has 0 spiro atoms. The van der Waals surface area contributed by atoms with E-state index in [0.29, 0.717) is 0 Å². The average molecular weight is 342 g/mol. The van der Waals surface area contributed by atoms with Crippen LogP contribution in [-0.4, -0.2) is 115 Å². The Morgan fingerprint density at radius 3 is 1.78 bits per heavy atom. The standard InChI is InChI=1S/C12H22O11/c13-1-3-5(15)7(17)8(18)12(22-3)23-10-6(16)4(2-14)21-11(20)9(10)19/h3-20H,1-2H2/t3-,4-,5+,6+,7-,8+,9+,10-,11-,12+/m0/s1. The lowest BCUT2D eigenvalue weighted by molar-refractivity contribution is -0.355. The first-order valence-corrected chi connectivity index (χ1v) is 7.08. The minimum absolute atomic E-state index is 0.667. The van der Waals surface area contributed by atoms with Crippen molar-refractivity contribution in [1.82, 2.24) is 0 Å². The third-order valence-electron chi connectivity index (χ3n) is 3.98. The molecule has 0 aromatic carbocycles.